The molecule has 0 saturated carbocycles. The van der Waals surface area contributed by atoms with Crippen LogP contribution in [-0.2, 0) is 12.8 Å². The molecule has 1 aliphatic carbocycles. The van der Waals surface area contributed by atoms with E-state index in [-0.39, 0.29) is 10.5 Å². The van der Waals surface area contributed by atoms with E-state index in [2.05, 4.69) is 6.92 Å². The summed E-state index contributed by atoms with van der Waals surface area (Å²) in [6.45, 7) is 2.19. The first-order valence-electron chi connectivity index (χ1n) is 6.53. The van der Waals surface area contributed by atoms with Gasteiger partial charge in [-0.15, -0.1) is 11.3 Å². The zero-order valence-corrected chi connectivity index (χ0v) is 12.2. The lowest BCUT2D eigenvalue weighted by molar-refractivity contribution is 0.448. The summed E-state index contributed by atoms with van der Waals surface area (Å²) in [7, 11) is 0. The van der Waals surface area contributed by atoms with Crippen LogP contribution in [0, 0.1) is 11.7 Å². The molecule has 1 nitrogen and oxygen atoms in total. The van der Waals surface area contributed by atoms with Crippen LogP contribution in [-0.4, -0.2) is 0 Å². The summed E-state index contributed by atoms with van der Waals surface area (Å²) in [6, 6.07) is 2.86. The van der Waals surface area contributed by atoms with E-state index in [0.29, 0.717) is 11.3 Å². The van der Waals surface area contributed by atoms with Gasteiger partial charge in [0, 0.05) is 20.5 Å². The Balaban J connectivity index is 2.25. The van der Waals surface area contributed by atoms with Crippen LogP contribution in [0.15, 0.2) is 16.9 Å². The first-order chi connectivity index (χ1) is 9.10. The summed E-state index contributed by atoms with van der Waals surface area (Å²) in [5.41, 5.74) is 0.887. The minimum Gasteiger partial charge on any atom is -0.289 e. The fourth-order valence-corrected chi connectivity index (χ4v) is 4.32. The van der Waals surface area contributed by atoms with Crippen molar-refractivity contribution in [3.63, 3.8) is 0 Å². The fourth-order valence-electron chi connectivity index (χ4n) is 2.75. The maximum absolute atomic E-state index is 13.5. The first kappa shape index (κ1) is 13.1. The third-order valence-electron chi connectivity index (χ3n) is 3.96. The van der Waals surface area contributed by atoms with E-state index in [1.807, 2.05) is 0 Å². The topological polar surface area (TPSA) is 17.1 Å². The summed E-state index contributed by atoms with van der Waals surface area (Å²) in [5.74, 6) is 0.150. The van der Waals surface area contributed by atoms with Crippen molar-refractivity contribution < 1.29 is 4.39 Å². The van der Waals surface area contributed by atoms with E-state index in [9.17, 15) is 9.18 Å². The summed E-state index contributed by atoms with van der Waals surface area (Å²) in [5, 5.41) is 0.562. The molecule has 19 heavy (non-hydrogen) atoms. The molecule has 1 heterocycles. The van der Waals surface area contributed by atoms with E-state index < -0.39 is 5.82 Å². The normalized spacial score (nSPS) is 18.6. The third kappa shape index (κ3) is 2.19. The molecule has 0 fully saturated rings. The Labute approximate surface area is 120 Å². The number of hydrogen-bond donors (Lipinski definition) is 0. The second-order valence-corrected chi connectivity index (χ2v) is 6.66. The lowest BCUT2D eigenvalue weighted by Crippen LogP contribution is -2.20. The molecule has 2 aromatic rings. The molecule has 1 aromatic heterocycles. The van der Waals surface area contributed by atoms with Gasteiger partial charge in [-0.05, 0) is 37.3 Å². The minimum absolute atomic E-state index is 0.00568. The predicted molar refractivity (Wildman–Crippen MR) is 78.9 cm³/mol. The fraction of sp³-hybridized carbons (Fsp3) is 0.400. The standard InChI is InChI=1S/C15H14ClFOS/c1-2-8-3-4-9-13(5-8)19-14-7-11(16)12(17)6-10(14)15(9)18/h6-8H,2-5H2,1H3. The zero-order valence-electron chi connectivity index (χ0n) is 10.6. The van der Waals surface area contributed by atoms with Gasteiger partial charge in [-0.1, -0.05) is 24.9 Å². The van der Waals surface area contributed by atoms with E-state index in [1.54, 1.807) is 17.4 Å². The van der Waals surface area contributed by atoms with Crippen LogP contribution in [0.25, 0.3) is 10.1 Å². The van der Waals surface area contributed by atoms with Gasteiger partial charge in [0.05, 0.1) is 5.02 Å². The molecule has 0 bridgehead atoms. The Bertz CT molecular complexity index is 707. The number of hydrogen-bond acceptors (Lipinski definition) is 2. The summed E-state index contributed by atoms with van der Waals surface area (Å²) < 4.78 is 14.3. The zero-order chi connectivity index (χ0) is 13.6. The molecule has 1 unspecified atom stereocenters. The molecule has 100 valence electrons. The average Bonchev–Trinajstić information content (AvgIpc) is 2.41. The summed E-state index contributed by atoms with van der Waals surface area (Å²) in [6.07, 6.45) is 4.00. The van der Waals surface area contributed by atoms with Gasteiger partial charge in [0.1, 0.15) is 5.82 Å². The number of rotatable bonds is 1. The van der Waals surface area contributed by atoms with Crippen LogP contribution >= 0.6 is 22.9 Å². The molecule has 0 saturated heterocycles. The Hall–Kier alpha value is -0.930. The van der Waals surface area contributed by atoms with Crippen molar-refractivity contribution in [3.05, 3.63) is 43.6 Å². The average molecular weight is 297 g/mol. The number of halogens is 2. The molecule has 4 heteroatoms. The quantitative estimate of drug-likeness (QED) is 0.753. The van der Waals surface area contributed by atoms with Crippen LogP contribution in [0.4, 0.5) is 4.39 Å². The van der Waals surface area contributed by atoms with Crippen molar-refractivity contribution in [2.45, 2.75) is 32.6 Å². The molecule has 0 radical (unpaired) electrons. The van der Waals surface area contributed by atoms with Crippen LogP contribution in [0.2, 0.25) is 5.02 Å². The second-order valence-electron chi connectivity index (χ2n) is 5.11. The smallest absolute Gasteiger partial charge is 0.191 e. The minimum atomic E-state index is -0.513. The number of benzene rings is 1. The van der Waals surface area contributed by atoms with Crippen LogP contribution in [0.1, 0.15) is 30.2 Å². The van der Waals surface area contributed by atoms with Crippen molar-refractivity contribution in [2.75, 3.05) is 0 Å². The van der Waals surface area contributed by atoms with Crippen molar-refractivity contribution >= 4 is 33.0 Å². The van der Waals surface area contributed by atoms with Crippen molar-refractivity contribution in [1.82, 2.24) is 0 Å². The SMILES string of the molecule is CCC1CCc2c(sc3cc(Cl)c(F)cc3c2=O)C1. The predicted octanol–water partition coefficient (Wildman–Crippen LogP) is 4.57. The molecule has 3 rings (SSSR count). The van der Waals surface area contributed by atoms with Gasteiger partial charge in [0.2, 0.25) is 0 Å². The Morgan fingerprint density at radius 1 is 1.47 bits per heavy atom. The van der Waals surface area contributed by atoms with E-state index in [1.165, 1.54) is 10.9 Å². The Kier molecular flexibility index (Phi) is 3.35. The van der Waals surface area contributed by atoms with Crippen LogP contribution in [0.5, 0.6) is 0 Å². The molecule has 0 spiro atoms. The van der Waals surface area contributed by atoms with Crippen molar-refractivity contribution in [3.8, 4) is 0 Å². The molecular weight excluding hydrogens is 283 g/mol. The van der Waals surface area contributed by atoms with Gasteiger partial charge in [-0.2, -0.15) is 0 Å². The molecule has 1 atom stereocenters. The summed E-state index contributed by atoms with van der Waals surface area (Å²) >= 11 is 7.40. The van der Waals surface area contributed by atoms with Gasteiger partial charge < -0.3 is 0 Å². The van der Waals surface area contributed by atoms with E-state index in [0.717, 1.165) is 35.9 Å². The van der Waals surface area contributed by atoms with E-state index in [4.69, 9.17) is 11.6 Å². The second kappa shape index (κ2) is 4.88. The number of fused-ring (bicyclic) bond motifs is 2. The molecule has 1 aliphatic rings. The van der Waals surface area contributed by atoms with Crippen molar-refractivity contribution in [1.29, 1.82) is 0 Å². The first-order valence-corrected chi connectivity index (χ1v) is 7.73. The molecular formula is C15H14ClFOS. The van der Waals surface area contributed by atoms with Gasteiger partial charge in [-0.25, -0.2) is 4.39 Å². The molecule has 0 aliphatic heterocycles. The van der Waals surface area contributed by atoms with Crippen LogP contribution in [0.3, 0.4) is 0 Å². The maximum Gasteiger partial charge on any atom is 0.191 e. The summed E-state index contributed by atoms with van der Waals surface area (Å²) in [4.78, 5) is 13.6. The molecule has 0 N–H and O–H groups in total. The maximum atomic E-state index is 13.5. The highest BCUT2D eigenvalue weighted by Crippen LogP contribution is 2.33. The Morgan fingerprint density at radius 3 is 3.00 bits per heavy atom. The Morgan fingerprint density at radius 2 is 2.26 bits per heavy atom. The lowest BCUT2D eigenvalue weighted by Gasteiger charge is -2.22. The molecule has 1 aromatic carbocycles. The van der Waals surface area contributed by atoms with Gasteiger partial charge in [0.25, 0.3) is 0 Å². The molecule has 0 amide bonds. The van der Waals surface area contributed by atoms with Gasteiger partial charge >= 0.3 is 0 Å². The third-order valence-corrected chi connectivity index (χ3v) is 5.47. The highest BCUT2D eigenvalue weighted by Gasteiger charge is 2.22. The van der Waals surface area contributed by atoms with E-state index >= 15 is 0 Å². The monoisotopic (exact) mass is 296 g/mol. The largest absolute Gasteiger partial charge is 0.289 e. The van der Waals surface area contributed by atoms with Crippen LogP contribution < -0.4 is 5.43 Å². The highest BCUT2D eigenvalue weighted by atomic mass is 35.5. The highest BCUT2D eigenvalue weighted by molar-refractivity contribution is 7.18. The van der Waals surface area contributed by atoms with Gasteiger partial charge in [0.15, 0.2) is 5.43 Å². The van der Waals surface area contributed by atoms with Crippen molar-refractivity contribution in [2.24, 2.45) is 5.92 Å². The van der Waals surface area contributed by atoms with Gasteiger partial charge in [-0.3, -0.25) is 4.79 Å². The lowest BCUT2D eigenvalue weighted by atomic mass is 9.87.